The smallest absolute Gasteiger partial charge is 0.317 e. The Morgan fingerprint density at radius 1 is 1.41 bits per heavy atom. The Bertz CT molecular complexity index is 761. The van der Waals surface area contributed by atoms with Crippen LogP contribution in [0.15, 0.2) is 24.3 Å². The zero-order valence-corrected chi connectivity index (χ0v) is 16.3. The molecule has 3 rings (SSSR count). The van der Waals surface area contributed by atoms with Crippen LogP contribution in [-0.4, -0.2) is 77.7 Å². The molecule has 1 unspecified atom stereocenters. The Hall–Kier alpha value is -2.03. The number of thiazole rings is 1. The summed E-state index contributed by atoms with van der Waals surface area (Å²) >= 11 is 1.69. The number of aryl methyl sites for hydroxylation is 1. The number of aliphatic carboxylic acids is 1. The van der Waals surface area contributed by atoms with Gasteiger partial charge in [0.05, 0.1) is 34.5 Å². The van der Waals surface area contributed by atoms with Crippen LogP contribution in [-0.2, 0) is 20.7 Å². The quantitative estimate of drug-likeness (QED) is 0.740. The maximum absolute atomic E-state index is 12.5. The lowest BCUT2D eigenvalue weighted by molar-refractivity contribution is -0.142. The lowest BCUT2D eigenvalue weighted by atomic mass is 10.2. The largest absolute Gasteiger partial charge is 0.480 e. The van der Waals surface area contributed by atoms with Crippen molar-refractivity contribution in [3.63, 3.8) is 0 Å². The third-order valence-electron chi connectivity index (χ3n) is 4.53. The topological polar surface area (TPSA) is 83.0 Å². The van der Waals surface area contributed by atoms with Crippen molar-refractivity contribution in [3.8, 4) is 0 Å². The Kier molecular flexibility index (Phi) is 6.76. The van der Waals surface area contributed by atoms with Crippen LogP contribution in [0.2, 0.25) is 0 Å². The molecule has 0 spiro atoms. The fraction of sp³-hybridized carbons (Fsp3) is 0.526. The summed E-state index contributed by atoms with van der Waals surface area (Å²) in [4.78, 5) is 31.4. The highest BCUT2D eigenvalue weighted by molar-refractivity contribution is 7.18. The van der Waals surface area contributed by atoms with Gasteiger partial charge in [-0.2, -0.15) is 0 Å². The molecule has 7 nitrogen and oxygen atoms in total. The normalized spacial score (nSPS) is 17.6. The molecule has 1 aliphatic rings. The van der Waals surface area contributed by atoms with Crippen LogP contribution in [0.4, 0.5) is 0 Å². The summed E-state index contributed by atoms with van der Waals surface area (Å²) < 4.78 is 6.86. The summed E-state index contributed by atoms with van der Waals surface area (Å²) in [5, 5.41) is 9.91. The standard InChI is InChI=1S/C19H25N3O4S/c1-21(13-19(24)25)11-14-12-22(9-10-26-14)18(23)8-4-7-17-20-15-5-2-3-6-16(15)27-17/h2-3,5-6,14H,4,7-13H2,1H3,(H,24,25). The highest BCUT2D eigenvalue weighted by atomic mass is 32.1. The second-order valence-corrected chi connectivity index (χ2v) is 7.97. The van der Waals surface area contributed by atoms with Gasteiger partial charge in [0, 0.05) is 26.1 Å². The number of para-hydroxylation sites is 1. The lowest BCUT2D eigenvalue weighted by Gasteiger charge is -2.34. The zero-order chi connectivity index (χ0) is 19.2. The fourth-order valence-electron chi connectivity index (χ4n) is 3.28. The highest BCUT2D eigenvalue weighted by Crippen LogP contribution is 2.23. The second-order valence-electron chi connectivity index (χ2n) is 6.85. The summed E-state index contributed by atoms with van der Waals surface area (Å²) in [5.74, 6) is -0.735. The first-order valence-electron chi connectivity index (χ1n) is 9.15. The van der Waals surface area contributed by atoms with Gasteiger partial charge in [0.1, 0.15) is 0 Å². The van der Waals surface area contributed by atoms with Gasteiger partial charge in [0.2, 0.25) is 5.91 Å². The van der Waals surface area contributed by atoms with Gasteiger partial charge in [-0.15, -0.1) is 11.3 Å². The number of nitrogens with zero attached hydrogens (tertiary/aromatic N) is 3. The summed E-state index contributed by atoms with van der Waals surface area (Å²) in [7, 11) is 1.75. The Labute approximate surface area is 162 Å². The number of hydrogen-bond donors (Lipinski definition) is 1. The number of carboxylic acid groups (broad SMARTS) is 1. The Morgan fingerprint density at radius 3 is 3.00 bits per heavy atom. The number of amides is 1. The molecule has 1 aliphatic heterocycles. The van der Waals surface area contributed by atoms with Crippen LogP contribution in [0.1, 0.15) is 17.8 Å². The molecule has 1 atom stereocenters. The number of rotatable bonds is 8. The van der Waals surface area contributed by atoms with Gasteiger partial charge < -0.3 is 14.7 Å². The third kappa shape index (κ3) is 5.72. The van der Waals surface area contributed by atoms with E-state index in [4.69, 9.17) is 9.84 Å². The van der Waals surface area contributed by atoms with Crippen LogP contribution in [0.5, 0.6) is 0 Å². The van der Waals surface area contributed by atoms with E-state index in [0.29, 0.717) is 32.7 Å². The Balaban J connectivity index is 1.43. The molecule has 0 saturated carbocycles. The van der Waals surface area contributed by atoms with Crippen molar-refractivity contribution < 1.29 is 19.4 Å². The number of hydrogen-bond acceptors (Lipinski definition) is 6. The number of ether oxygens (including phenoxy) is 1. The first kappa shape index (κ1) is 19.7. The van der Waals surface area contributed by atoms with E-state index in [-0.39, 0.29) is 18.6 Å². The number of carbonyl (C=O) groups is 2. The van der Waals surface area contributed by atoms with E-state index in [1.807, 2.05) is 23.1 Å². The summed E-state index contributed by atoms with van der Waals surface area (Å²) in [6, 6.07) is 8.07. The van der Waals surface area contributed by atoms with E-state index in [0.717, 1.165) is 23.4 Å². The number of fused-ring (bicyclic) bond motifs is 1. The van der Waals surface area contributed by atoms with Gasteiger partial charge in [-0.25, -0.2) is 4.98 Å². The van der Waals surface area contributed by atoms with Gasteiger partial charge in [-0.05, 0) is 32.0 Å². The van der Waals surface area contributed by atoms with Crippen molar-refractivity contribution in [1.82, 2.24) is 14.8 Å². The van der Waals surface area contributed by atoms with E-state index < -0.39 is 5.97 Å². The fourth-order valence-corrected chi connectivity index (χ4v) is 4.28. The molecule has 8 heteroatoms. The molecule has 146 valence electrons. The summed E-state index contributed by atoms with van der Waals surface area (Å²) in [6.45, 7) is 2.08. The molecular formula is C19H25N3O4S. The van der Waals surface area contributed by atoms with E-state index in [9.17, 15) is 9.59 Å². The van der Waals surface area contributed by atoms with Gasteiger partial charge >= 0.3 is 5.97 Å². The molecule has 0 bridgehead atoms. The molecule has 1 aromatic heterocycles. The SMILES string of the molecule is CN(CC(=O)O)CC1CN(C(=O)CCCc2nc3ccccc3s2)CCO1. The van der Waals surface area contributed by atoms with Crippen molar-refractivity contribution >= 4 is 33.4 Å². The number of benzene rings is 1. The van der Waals surface area contributed by atoms with Gasteiger partial charge in [-0.1, -0.05) is 12.1 Å². The number of morpholine rings is 1. The zero-order valence-electron chi connectivity index (χ0n) is 15.5. The van der Waals surface area contributed by atoms with E-state index in [1.54, 1.807) is 23.3 Å². The van der Waals surface area contributed by atoms with Crippen molar-refractivity contribution in [3.05, 3.63) is 29.3 Å². The molecule has 1 aromatic carbocycles. The van der Waals surface area contributed by atoms with Crippen LogP contribution in [0, 0.1) is 0 Å². The van der Waals surface area contributed by atoms with Crippen LogP contribution in [0.3, 0.4) is 0 Å². The molecule has 2 heterocycles. The minimum atomic E-state index is -0.865. The Morgan fingerprint density at radius 2 is 2.22 bits per heavy atom. The number of carbonyl (C=O) groups excluding carboxylic acids is 1. The van der Waals surface area contributed by atoms with E-state index >= 15 is 0 Å². The molecule has 1 fully saturated rings. The first-order chi connectivity index (χ1) is 13.0. The van der Waals surface area contributed by atoms with Crippen molar-refractivity contribution in [1.29, 1.82) is 0 Å². The minimum Gasteiger partial charge on any atom is -0.480 e. The predicted molar refractivity (Wildman–Crippen MR) is 104 cm³/mol. The molecule has 27 heavy (non-hydrogen) atoms. The lowest BCUT2D eigenvalue weighted by Crippen LogP contribution is -2.49. The average Bonchev–Trinajstić information content (AvgIpc) is 3.03. The molecule has 2 aromatic rings. The number of carboxylic acids is 1. The van der Waals surface area contributed by atoms with Crippen molar-refractivity contribution in [2.45, 2.75) is 25.4 Å². The van der Waals surface area contributed by atoms with Gasteiger partial charge in [0.25, 0.3) is 0 Å². The summed E-state index contributed by atoms with van der Waals surface area (Å²) in [6.07, 6.45) is 1.93. The molecular weight excluding hydrogens is 366 g/mol. The molecule has 0 radical (unpaired) electrons. The summed E-state index contributed by atoms with van der Waals surface area (Å²) in [5.41, 5.74) is 1.02. The average molecular weight is 391 g/mol. The predicted octanol–water partition coefficient (Wildman–Crippen LogP) is 1.86. The van der Waals surface area contributed by atoms with Gasteiger partial charge in [0.15, 0.2) is 0 Å². The second kappa shape index (κ2) is 9.25. The van der Waals surface area contributed by atoms with Crippen LogP contribution < -0.4 is 0 Å². The van der Waals surface area contributed by atoms with Gasteiger partial charge in [-0.3, -0.25) is 14.5 Å². The van der Waals surface area contributed by atoms with Crippen LogP contribution >= 0.6 is 11.3 Å². The van der Waals surface area contributed by atoms with E-state index in [1.165, 1.54) is 4.70 Å². The maximum atomic E-state index is 12.5. The number of likely N-dealkylation sites (N-methyl/N-ethyl adjacent to an activating group) is 1. The molecule has 1 saturated heterocycles. The molecule has 1 N–H and O–H groups in total. The highest BCUT2D eigenvalue weighted by Gasteiger charge is 2.25. The third-order valence-corrected chi connectivity index (χ3v) is 5.63. The van der Waals surface area contributed by atoms with Crippen LogP contribution in [0.25, 0.3) is 10.2 Å². The molecule has 1 amide bonds. The minimum absolute atomic E-state index is 0.0318. The van der Waals surface area contributed by atoms with Crippen molar-refractivity contribution in [2.24, 2.45) is 0 Å². The van der Waals surface area contributed by atoms with E-state index in [2.05, 4.69) is 11.1 Å². The monoisotopic (exact) mass is 391 g/mol. The maximum Gasteiger partial charge on any atom is 0.317 e. The molecule has 0 aliphatic carbocycles. The number of aromatic nitrogens is 1. The van der Waals surface area contributed by atoms with Crippen molar-refractivity contribution in [2.75, 3.05) is 39.8 Å². The first-order valence-corrected chi connectivity index (χ1v) is 9.97.